The van der Waals surface area contributed by atoms with Crippen molar-refractivity contribution in [3.63, 3.8) is 0 Å². The van der Waals surface area contributed by atoms with E-state index in [-0.39, 0.29) is 18.3 Å². The van der Waals surface area contributed by atoms with Crippen molar-refractivity contribution in [2.75, 3.05) is 27.2 Å². The Bertz CT molecular complexity index is 413. The number of benzene rings is 1. The maximum Gasteiger partial charge on any atom is 0.263 e. The normalized spacial score (nSPS) is 11.4. The van der Waals surface area contributed by atoms with Gasteiger partial charge >= 0.3 is 0 Å². The zero-order chi connectivity index (χ0) is 14.3. The number of likely N-dealkylation sites (N-methyl/N-ethyl adjacent to an activating group) is 2. The Morgan fingerprint density at radius 3 is 2.60 bits per heavy atom. The second kappa shape index (κ2) is 9.61. The van der Waals surface area contributed by atoms with Crippen molar-refractivity contribution in [3.05, 3.63) is 29.8 Å². The summed E-state index contributed by atoms with van der Waals surface area (Å²) in [6, 6.07) is 7.77. The fraction of sp³-hybridized carbons (Fsp3) is 0.533. The molecule has 0 aromatic heterocycles. The van der Waals surface area contributed by atoms with Gasteiger partial charge < -0.3 is 15.0 Å². The monoisotopic (exact) mass is 300 g/mol. The Kier molecular flexibility index (Phi) is 9.01. The van der Waals surface area contributed by atoms with Crippen molar-refractivity contribution in [2.24, 2.45) is 0 Å². The van der Waals surface area contributed by atoms with Crippen LogP contribution in [0.3, 0.4) is 0 Å². The lowest BCUT2D eigenvalue weighted by Gasteiger charge is -2.24. The maximum absolute atomic E-state index is 12.3. The minimum atomic E-state index is -0.414. The summed E-state index contributed by atoms with van der Waals surface area (Å²) in [7, 11) is 3.68. The Morgan fingerprint density at radius 2 is 2.05 bits per heavy atom. The van der Waals surface area contributed by atoms with Gasteiger partial charge in [-0.25, -0.2) is 0 Å². The van der Waals surface area contributed by atoms with Gasteiger partial charge in [-0.05, 0) is 32.0 Å². The summed E-state index contributed by atoms with van der Waals surface area (Å²) in [5, 5.41) is 3.03. The van der Waals surface area contributed by atoms with Crippen molar-refractivity contribution >= 4 is 18.3 Å². The van der Waals surface area contributed by atoms with Gasteiger partial charge in [0, 0.05) is 20.1 Å². The molecule has 1 amide bonds. The Balaban J connectivity index is 0.00000361. The number of amides is 1. The molecule has 0 aliphatic heterocycles. The summed E-state index contributed by atoms with van der Waals surface area (Å²) in [5.74, 6) is 0.811. The molecule has 0 bridgehead atoms. The summed E-state index contributed by atoms with van der Waals surface area (Å²) in [5.41, 5.74) is 1.05. The third-order valence-corrected chi connectivity index (χ3v) is 3.08. The van der Waals surface area contributed by atoms with Crippen LogP contribution < -0.4 is 10.1 Å². The standard InChI is InChI=1S/C15H24N2O2.ClH/c1-5-13(15(18)17(4)11-10-16-3)19-14-9-7-6-8-12(14)2;/h6-9,13,16H,5,10-11H2,1-4H3;1H. The molecule has 0 aliphatic carbocycles. The van der Waals surface area contributed by atoms with Crippen LogP contribution in [-0.2, 0) is 4.79 Å². The van der Waals surface area contributed by atoms with Crippen LogP contribution in [0.4, 0.5) is 0 Å². The zero-order valence-electron chi connectivity index (χ0n) is 12.7. The van der Waals surface area contributed by atoms with E-state index in [1.165, 1.54) is 0 Å². The van der Waals surface area contributed by atoms with Gasteiger partial charge in [-0.15, -0.1) is 12.4 Å². The lowest BCUT2D eigenvalue weighted by atomic mass is 10.2. The molecule has 0 fully saturated rings. The van der Waals surface area contributed by atoms with Gasteiger partial charge in [-0.3, -0.25) is 4.79 Å². The van der Waals surface area contributed by atoms with Gasteiger partial charge in [-0.2, -0.15) is 0 Å². The van der Waals surface area contributed by atoms with E-state index >= 15 is 0 Å². The maximum atomic E-state index is 12.3. The minimum Gasteiger partial charge on any atom is -0.480 e. The van der Waals surface area contributed by atoms with Crippen molar-refractivity contribution in [3.8, 4) is 5.75 Å². The van der Waals surface area contributed by atoms with Crippen molar-refractivity contribution in [1.29, 1.82) is 0 Å². The molecule has 1 rings (SSSR count). The van der Waals surface area contributed by atoms with Gasteiger partial charge in [0.05, 0.1) is 0 Å². The summed E-state index contributed by atoms with van der Waals surface area (Å²) in [6.07, 6.45) is 0.250. The first-order valence-electron chi connectivity index (χ1n) is 6.72. The number of nitrogens with one attached hydrogen (secondary N) is 1. The van der Waals surface area contributed by atoms with Gasteiger partial charge in [-0.1, -0.05) is 25.1 Å². The number of hydrogen-bond donors (Lipinski definition) is 1. The Labute approximate surface area is 127 Å². The number of ether oxygens (including phenoxy) is 1. The Morgan fingerprint density at radius 1 is 1.40 bits per heavy atom. The van der Waals surface area contributed by atoms with Gasteiger partial charge in [0.2, 0.25) is 0 Å². The molecule has 114 valence electrons. The molecule has 20 heavy (non-hydrogen) atoms. The second-order valence-corrected chi connectivity index (χ2v) is 4.64. The van der Waals surface area contributed by atoms with E-state index in [0.717, 1.165) is 17.9 Å². The molecular formula is C15H25ClN2O2. The molecule has 1 atom stereocenters. The van der Waals surface area contributed by atoms with Crippen LogP contribution in [0.1, 0.15) is 18.9 Å². The molecule has 4 nitrogen and oxygen atoms in total. The third-order valence-electron chi connectivity index (χ3n) is 3.08. The number of para-hydroxylation sites is 1. The molecule has 1 aromatic rings. The third kappa shape index (κ3) is 5.39. The largest absolute Gasteiger partial charge is 0.480 e. The van der Waals surface area contributed by atoms with Crippen molar-refractivity contribution in [2.45, 2.75) is 26.4 Å². The quantitative estimate of drug-likeness (QED) is 0.840. The highest BCUT2D eigenvalue weighted by Crippen LogP contribution is 2.19. The van der Waals surface area contributed by atoms with E-state index in [4.69, 9.17) is 4.74 Å². The number of aryl methyl sites for hydroxylation is 1. The molecule has 0 radical (unpaired) electrons. The highest BCUT2D eigenvalue weighted by Gasteiger charge is 2.22. The van der Waals surface area contributed by atoms with E-state index in [0.29, 0.717) is 13.0 Å². The van der Waals surface area contributed by atoms with E-state index in [1.807, 2.05) is 52.2 Å². The predicted molar refractivity (Wildman–Crippen MR) is 84.7 cm³/mol. The minimum absolute atomic E-state index is 0. The van der Waals surface area contributed by atoms with Gasteiger partial charge in [0.15, 0.2) is 6.10 Å². The van der Waals surface area contributed by atoms with Crippen LogP contribution in [0.2, 0.25) is 0 Å². The van der Waals surface area contributed by atoms with Crippen LogP contribution in [0, 0.1) is 6.92 Å². The topological polar surface area (TPSA) is 41.6 Å². The molecule has 0 spiro atoms. The molecule has 0 saturated carbocycles. The van der Waals surface area contributed by atoms with Crippen LogP contribution in [0.25, 0.3) is 0 Å². The molecule has 1 aromatic carbocycles. The fourth-order valence-corrected chi connectivity index (χ4v) is 1.79. The SMILES string of the molecule is CCC(Oc1ccccc1C)C(=O)N(C)CCNC.Cl. The highest BCUT2D eigenvalue weighted by atomic mass is 35.5. The number of rotatable bonds is 7. The summed E-state index contributed by atoms with van der Waals surface area (Å²) >= 11 is 0. The molecule has 0 aliphatic rings. The van der Waals surface area contributed by atoms with Crippen LogP contribution >= 0.6 is 12.4 Å². The average Bonchev–Trinajstić information content (AvgIpc) is 2.43. The lowest BCUT2D eigenvalue weighted by molar-refractivity contribution is -0.137. The van der Waals surface area contributed by atoms with Crippen LogP contribution in [0.5, 0.6) is 5.75 Å². The first-order valence-corrected chi connectivity index (χ1v) is 6.72. The number of carbonyl (C=O) groups excluding carboxylic acids is 1. The summed E-state index contributed by atoms with van der Waals surface area (Å²) < 4.78 is 5.85. The van der Waals surface area contributed by atoms with E-state index in [1.54, 1.807) is 4.90 Å². The number of halogens is 1. The predicted octanol–water partition coefficient (Wildman–Crippen LogP) is 2.25. The molecule has 1 unspecified atom stereocenters. The first kappa shape index (κ1) is 18.7. The number of carbonyl (C=O) groups is 1. The average molecular weight is 301 g/mol. The zero-order valence-corrected chi connectivity index (χ0v) is 13.5. The molecule has 1 N–H and O–H groups in total. The molecule has 5 heteroatoms. The van der Waals surface area contributed by atoms with Gasteiger partial charge in [0.25, 0.3) is 5.91 Å². The number of hydrogen-bond acceptors (Lipinski definition) is 3. The van der Waals surface area contributed by atoms with Crippen molar-refractivity contribution in [1.82, 2.24) is 10.2 Å². The first-order chi connectivity index (χ1) is 9.10. The summed E-state index contributed by atoms with van der Waals surface area (Å²) in [4.78, 5) is 14.0. The fourth-order valence-electron chi connectivity index (χ4n) is 1.79. The molecule has 0 heterocycles. The van der Waals surface area contributed by atoms with Crippen LogP contribution in [-0.4, -0.2) is 44.1 Å². The molecule has 0 saturated heterocycles. The van der Waals surface area contributed by atoms with Crippen LogP contribution in [0.15, 0.2) is 24.3 Å². The van der Waals surface area contributed by atoms with E-state index in [9.17, 15) is 4.79 Å². The molecular weight excluding hydrogens is 276 g/mol. The lowest BCUT2D eigenvalue weighted by Crippen LogP contribution is -2.42. The smallest absolute Gasteiger partial charge is 0.263 e. The highest BCUT2D eigenvalue weighted by molar-refractivity contribution is 5.85. The second-order valence-electron chi connectivity index (χ2n) is 4.64. The van der Waals surface area contributed by atoms with Crippen molar-refractivity contribution < 1.29 is 9.53 Å². The van der Waals surface area contributed by atoms with Gasteiger partial charge in [0.1, 0.15) is 5.75 Å². The van der Waals surface area contributed by atoms with E-state index in [2.05, 4.69) is 5.32 Å². The summed E-state index contributed by atoms with van der Waals surface area (Å²) in [6.45, 7) is 5.41. The Hall–Kier alpha value is -1.26. The number of nitrogens with zero attached hydrogens (tertiary/aromatic N) is 1. The van der Waals surface area contributed by atoms with E-state index < -0.39 is 6.10 Å².